The molecule has 11 nitrogen and oxygen atoms in total. The molecule has 46 heavy (non-hydrogen) atoms. The van der Waals surface area contributed by atoms with E-state index in [0.717, 1.165) is 37.7 Å². The Bertz CT molecular complexity index is 1600. The first-order chi connectivity index (χ1) is 22.1. The fourth-order valence-electron chi connectivity index (χ4n) is 8.12. The maximum absolute atomic E-state index is 12.6. The van der Waals surface area contributed by atoms with E-state index in [-0.39, 0.29) is 60.5 Å². The first kappa shape index (κ1) is 32.6. The number of fused-ring (bicyclic) bond motifs is 1. The molecule has 2 saturated heterocycles. The lowest BCUT2D eigenvalue weighted by molar-refractivity contribution is -0.444. The molecular weight excluding hydrogens is 592 g/mol. The number of carbonyl (C=O) groups excluding carboxylic acids is 1. The van der Waals surface area contributed by atoms with E-state index in [1.807, 2.05) is 19.1 Å². The monoisotopic (exact) mass is 638 g/mol. The third-order valence-electron chi connectivity index (χ3n) is 10.6. The fourth-order valence-corrected chi connectivity index (χ4v) is 8.12. The van der Waals surface area contributed by atoms with Gasteiger partial charge in [0.05, 0.1) is 24.3 Å². The van der Waals surface area contributed by atoms with Crippen molar-refractivity contribution in [2.24, 2.45) is 23.7 Å². The van der Waals surface area contributed by atoms with E-state index in [1.165, 1.54) is 10.6 Å². The van der Waals surface area contributed by atoms with Crippen LogP contribution in [0.3, 0.4) is 0 Å². The number of hydrogen-bond acceptors (Lipinski definition) is 9. The van der Waals surface area contributed by atoms with Crippen molar-refractivity contribution in [3.05, 3.63) is 58.1 Å². The van der Waals surface area contributed by atoms with Gasteiger partial charge in [0.2, 0.25) is 0 Å². The van der Waals surface area contributed by atoms with Gasteiger partial charge in [-0.15, -0.1) is 0 Å². The molecule has 11 heteroatoms. The van der Waals surface area contributed by atoms with Crippen LogP contribution >= 0.6 is 0 Å². The summed E-state index contributed by atoms with van der Waals surface area (Å²) in [6, 6.07) is 10.4. The minimum atomic E-state index is -0.849. The summed E-state index contributed by atoms with van der Waals surface area (Å²) in [6.07, 6.45) is 4.63. The number of hydrogen-bond donors (Lipinski definition) is 3. The molecule has 3 fully saturated rings. The van der Waals surface area contributed by atoms with Gasteiger partial charge in [-0.1, -0.05) is 26.0 Å². The van der Waals surface area contributed by atoms with Crippen LogP contribution < -0.4 is 15.8 Å². The zero-order valence-electron chi connectivity index (χ0n) is 27.1. The van der Waals surface area contributed by atoms with Crippen molar-refractivity contribution in [2.75, 3.05) is 13.2 Å². The summed E-state index contributed by atoms with van der Waals surface area (Å²) in [5.41, 5.74) is 2.03. The predicted molar refractivity (Wildman–Crippen MR) is 170 cm³/mol. The molecule has 0 bridgehead atoms. The van der Waals surface area contributed by atoms with Crippen LogP contribution in [0.25, 0.3) is 11.1 Å². The molecule has 1 aliphatic carbocycles. The van der Waals surface area contributed by atoms with Crippen molar-refractivity contribution in [1.82, 2.24) is 9.88 Å². The Morgan fingerprint density at radius 3 is 2.65 bits per heavy atom. The number of aromatic nitrogens is 1. The van der Waals surface area contributed by atoms with Gasteiger partial charge in [0.1, 0.15) is 0 Å². The number of aryl methyl sites for hydroxylation is 1. The molecule has 2 aromatic carbocycles. The van der Waals surface area contributed by atoms with Gasteiger partial charge in [-0.3, -0.25) is 14.6 Å². The van der Waals surface area contributed by atoms with Crippen LogP contribution in [0.2, 0.25) is 0 Å². The molecule has 1 unspecified atom stereocenters. The topological polar surface area (TPSA) is 142 Å². The number of phenolic OH excluding ortho intramolecular Hbond substituents is 1. The Balaban J connectivity index is 0.991. The number of rotatable bonds is 10. The van der Waals surface area contributed by atoms with Gasteiger partial charge < -0.3 is 29.1 Å². The molecule has 1 aromatic heterocycles. The van der Waals surface area contributed by atoms with Crippen molar-refractivity contribution < 1.29 is 38.7 Å². The first-order valence-electron chi connectivity index (χ1n) is 16.6. The Morgan fingerprint density at radius 2 is 1.87 bits per heavy atom. The molecule has 3 heterocycles. The van der Waals surface area contributed by atoms with Gasteiger partial charge in [0, 0.05) is 12.5 Å². The predicted octanol–water partition coefficient (Wildman–Crippen LogP) is 5.38. The highest BCUT2D eigenvalue weighted by molar-refractivity contribution is 5.77. The average molecular weight is 639 g/mol. The summed E-state index contributed by atoms with van der Waals surface area (Å²) < 4.78 is 25.3. The summed E-state index contributed by atoms with van der Waals surface area (Å²) in [5, 5.41) is 23.8. The van der Waals surface area contributed by atoms with E-state index in [0.29, 0.717) is 35.5 Å². The van der Waals surface area contributed by atoms with Crippen LogP contribution in [-0.4, -0.2) is 58.1 Å². The Kier molecular flexibility index (Phi) is 9.48. The largest absolute Gasteiger partial charge is 0.504 e. The number of nitrogens with one attached hydrogen (secondary N) is 1. The lowest BCUT2D eigenvalue weighted by atomic mass is 9.57. The first-order valence-corrected chi connectivity index (χ1v) is 16.6. The Hall–Kier alpha value is -3.38. The highest BCUT2D eigenvalue weighted by atomic mass is 17.1. The van der Waals surface area contributed by atoms with Crippen molar-refractivity contribution in [1.29, 1.82) is 0 Å². The molecule has 3 N–H and O–H groups in total. The molecule has 1 saturated carbocycles. The quantitative estimate of drug-likeness (QED) is 0.152. The molecule has 8 atom stereocenters. The number of carbonyl (C=O) groups is 1. The van der Waals surface area contributed by atoms with Gasteiger partial charge in [-0.25, -0.2) is 9.68 Å². The van der Waals surface area contributed by atoms with Gasteiger partial charge in [0.15, 0.2) is 35.6 Å². The Morgan fingerprint density at radius 1 is 1.07 bits per heavy atom. The smallest absolute Gasteiger partial charge is 0.420 e. The van der Waals surface area contributed by atoms with Crippen molar-refractivity contribution >= 4 is 17.0 Å². The molecule has 0 radical (unpaired) electrons. The van der Waals surface area contributed by atoms with Gasteiger partial charge in [-0.05, 0) is 106 Å². The van der Waals surface area contributed by atoms with Crippen molar-refractivity contribution in [2.45, 2.75) is 96.9 Å². The molecule has 6 rings (SSSR count). The fraction of sp³-hybridized carbons (Fsp3) is 0.600. The highest BCUT2D eigenvalue weighted by Crippen LogP contribution is 2.56. The van der Waals surface area contributed by atoms with Crippen LogP contribution in [0.15, 0.2) is 45.6 Å². The second kappa shape index (κ2) is 13.4. The molecule has 1 amide bonds. The van der Waals surface area contributed by atoms with Gasteiger partial charge in [-0.2, -0.15) is 0 Å². The normalized spacial score (nSPS) is 30.8. The number of phenols is 1. The van der Waals surface area contributed by atoms with E-state index in [9.17, 15) is 20.0 Å². The zero-order chi connectivity index (χ0) is 32.6. The lowest BCUT2D eigenvalue weighted by Gasteiger charge is -2.58. The summed E-state index contributed by atoms with van der Waals surface area (Å²) in [5.74, 6) is 0.162. The van der Waals surface area contributed by atoms with Crippen molar-refractivity contribution in [3.63, 3.8) is 0 Å². The van der Waals surface area contributed by atoms with E-state index < -0.39 is 17.6 Å². The average Bonchev–Trinajstić information content (AvgIpc) is 3.24. The lowest BCUT2D eigenvalue weighted by Crippen LogP contribution is -2.67. The van der Waals surface area contributed by atoms with Crippen LogP contribution in [0.4, 0.5) is 0 Å². The number of aromatic hydroxyl groups is 1. The second-order valence-corrected chi connectivity index (χ2v) is 13.6. The minimum Gasteiger partial charge on any atom is -0.504 e. The summed E-state index contributed by atoms with van der Waals surface area (Å²) in [4.78, 5) is 30.4. The molecule has 3 aliphatic rings. The van der Waals surface area contributed by atoms with E-state index in [4.69, 9.17) is 23.5 Å². The highest BCUT2D eigenvalue weighted by Gasteiger charge is 2.64. The van der Waals surface area contributed by atoms with E-state index in [2.05, 4.69) is 26.1 Å². The van der Waals surface area contributed by atoms with E-state index in [1.54, 1.807) is 18.2 Å². The zero-order valence-corrected chi connectivity index (χ0v) is 27.1. The molecule has 0 spiro atoms. The number of benzene rings is 2. The van der Waals surface area contributed by atoms with Crippen LogP contribution in [0, 0.1) is 30.6 Å². The molecule has 2 aliphatic heterocycles. The summed E-state index contributed by atoms with van der Waals surface area (Å²) in [7, 11) is 0. The maximum atomic E-state index is 12.6. The van der Waals surface area contributed by atoms with Gasteiger partial charge in [0.25, 0.3) is 5.91 Å². The third kappa shape index (κ3) is 6.17. The molecule has 250 valence electrons. The second-order valence-electron chi connectivity index (χ2n) is 13.6. The van der Waals surface area contributed by atoms with Crippen LogP contribution in [-0.2, 0) is 25.7 Å². The minimum absolute atomic E-state index is 0.0187. The van der Waals surface area contributed by atoms with Gasteiger partial charge >= 0.3 is 5.76 Å². The summed E-state index contributed by atoms with van der Waals surface area (Å²) >= 11 is 0. The van der Waals surface area contributed by atoms with Crippen LogP contribution in [0.1, 0.15) is 70.4 Å². The maximum Gasteiger partial charge on any atom is 0.420 e. The number of nitrogens with zero attached hydrogens (tertiary/aromatic N) is 1. The SMILES string of the molecule is Cc1ccc2oc(=O)n(Cc3ccc(OCC(=O)NCCCC4O[C@@H]5O[C@@H](C)CC[C@H]6[C@H](C)CC[C@@H]([C@H]4C)[C@@]56OO)c(O)c3)c2c1. The van der Waals surface area contributed by atoms with Crippen LogP contribution in [0.5, 0.6) is 11.5 Å². The number of oxazole rings is 1. The molecular formula is C35H46N2O9. The Labute approximate surface area is 268 Å². The molecule has 3 aromatic rings. The van der Waals surface area contributed by atoms with E-state index >= 15 is 0 Å². The standard InChI is InChI=1S/C35H46N2O9/c1-20-7-13-30-27(16-20)37(34(40)45-30)18-24-10-14-31(28(38)17-24)42-19-32(39)36-15-5-6-29-23(4)26-11-8-21(2)25-12-9-22(3)43-33(44-29)35(25,26)46-41/h7,10,13-14,16-17,21-23,25-26,29,33,38,41H,5-6,8-9,11-12,15,18-19H2,1-4H3,(H,36,39)/t21-,22+,23-,25+,26+,29?,33+,35-/m1/s1. The number of ether oxygens (including phenoxy) is 3. The summed E-state index contributed by atoms with van der Waals surface area (Å²) in [6.45, 7) is 8.82. The van der Waals surface area contributed by atoms with Crippen molar-refractivity contribution in [3.8, 4) is 11.5 Å². The number of amides is 1. The third-order valence-corrected chi connectivity index (χ3v) is 10.6.